The molecular formula is C18H14O4. The summed E-state index contributed by atoms with van der Waals surface area (Å²) in [6, 6.07) is 16.9. The zero-order chi connectivity index (χ0) is 14.9. The summed E-state index contributed by atoms with van der Waals surface area (Å²) in [7, 11) is 0. The topological polar surface area (TPSA) is 52.0 Å². The summed E-state index contributed by atoms with van der Waals surface area (Å²) >= 11 is 0. The molecule has 22 heavy (non-hydrogen) atoms. The van der Waals surface area contributed by atoms with Gasteiger partial charge in [0.25, 0.3) is 0 Å². The lowest BCUT2D eigenvalue weighted by molar-refractivity contribution is 0.263. The van der Waals surface area contributed by atoms with Gasteiger partial charge in [-0.3, -0.25) is 0 Å². The molecule has 3 aromatic rings. The van der Waals surface area contributed by atoms with Gasteiger partial charge in [0, 0.05) is 11.5 Å². The maximum absolute atomic E-state index is 12.2. The van der Waals surface area contributed by atoms with Gasteiger partial charge in [-0.2, -0.15) is 0 Å². The van der Waals surface area contributed by atoms with E-state index >= 15 is 0 Å². The molecule has 0 bridgehead atoms. The predicted molar refractivity (Wildman–Crippen MR) is 83.2 cm³/mol. The van der Waals surface area contributed by atoms with E-state index in [4.69, 9.17) is 13.9 Å². The lowest BCUT2D eigenvalue weighted by Crippen LogP contribution is -2.05. The van der Waals surface area contributed by atoms with Crippen LogP contribution in [0.25, 0.3) is 22.1 Å². The molecule has 4 heteroatoms. The molecule has 0 radical (unpaired) electrons. The van der Waals surface area contributed by atoms with Crippen molar-refractivity contribution in [2.24, 2.45) is 0 Å². The Morgan fingerprint density at radius 2 is 1.91 bits per heavy atom. The fourth-order valence-corrected chi connectivity index (χ4v) is 2.35. The van der Waals surface area contributed by atoms with Crippen LogP contribution in [0.4, 0.5) is 0 Å². The van der Waals surface area contributed by atoms with Crippen molar-refractivity contribution >= 4 is 11.0 Å². The van der Waals surface area contributed by atoms with Crippen molar-refractivity contribution in [3.05, 3.63) is 65.0 Å². The second kappa shape index (κ2) is 5.31. The Morgan fingerprint density at radius 3 is 2.68 bits per heavy atom. The van der Waals surface area contributed by atoms with E-state index in [0.717, 1.165) is 17.6 Å². The normalized spacial score (nSPS) is 16.6. The Balaban J connectivity index is 1.72. The molecule has 0 amide bonds. The first-order chi connectivity index (χ1) is 10.8. The number of hydrogen-bond donors (Lipinski definition) is 0. The lowest BCUT2D eigenvalue weighted by atomic mass is 10.1. The van der Waals surface area contributed by atoms with Crippen molar-refractivity contribution in [3.8, 4) is 16.9 Å². The fourth-order valence-electron chi connectivity index (χ4n) is 2.35. The van der Waals surface area contributed by atoms with Crippen molar-refractivity contribution in [1.82, 2.24) is 0 Å². The summed E-state index contributed by atoms with van der Waals surface area (Å²) in [6.07, 6.45) is 0.197. The van der Waals surface area contributed by atoms with Gasteiger partial charge in [-0.1, -0.05) is 30.3 Å². The smallest absolute Gasteiger partial charge is 0.344 e. The van der Waals surface area contributed by atoms with Crippen molar-refractivity contribution < 1.29 is 13.9 Å². The van der Waals surface area contributed by atoms with Gasteiger partial charge in [0.05, 0.1) is 12.2 Å². The third-order valence-electron chi connectivity index (χ3n) is 3.63. The quantitative estimate of drug-likeness (QED) is 0.547. The Morgan fingerprint density at radius 1 is 1.09 bits per heavy atom. The number of ether oxygens (including phenoxy) is 2. The van der Waals surface area contributed by atoms with Crippen LogP contribution in [-0.4, -0.2) is 19.3 Å². The van der Waals surface area contributed by atoms with E-state index in [9.17, 15) is 4.79 Å². The maximum atomic E-state index is 12.2. The van der Waals surface area contributed by atoms with E-state index in [0.29, 0.717) is 23.5 Å². The third kappa shape index (κ3) is 2.61. The van der Waals surface area contributed by atoms with Crippen molar-refractivity contribution in [2.75, 3.05) is 13.2 Å². The summed E-state index contributed by atoms with van der Waals surface area (Å²) < 4.78 is 16.2. The molecule has 1 unspecified atom stereocenters. The molecule has 1 aliphatic heterocycles. The minimum Gasteiger partial charge on any atom is -0.491 e. The fraction of sp³-hybridized carbons (Fsp3) is 0.167. The second-order valence-corrected chi connectivity index (χ2v) is 5.28. The molecule has 4 rings (SSSR count). The first kappa shape index (κ1) is 13.1. The molecule has 1 aliphatic rings. The standard InChI is InChI=1S/C18H14O4/c19-18-16(12-4-2-1-3-5-12)8-13-6-7-14(9-17(13)22-18)20-10-15-11-21-15/h1-9,15H,10-11H2. The van der Waals surface area contributed by atoms with Gasteiger partial charge in [0.1, 0.15) is 24.0 Å². The first-order valence-electron chi connectivity index (χ1n) is 7.17. The van der Waals surface area contributed by atoms with Crippen molar-refractivity contribution in [1.29, 1.82) is 0 Å². The zero-order valence-electron chi connectivity index (χ0n) is 11.8. The molecule has 2 aromatic carbocycles. The average Bonchev–Trinajstić information content (AvgIpc) is 3.37. The van der Waals surface area contributed by atoms with Crippen LogP contribution in [0.15, 0.2) is 63.8 Å². The average molecular weight is 294 g/mol. The van der Waals surface area contributed by atoms with Crippen molar-refractivity contribution in [2.45, 2.75) is 6.10 Å². The van der Waals surface area contributed by atoms with Gasteiger partial charge in [-0.05, 0) is 23.8 Å². The molecule has 0 saturated carbocycles. The molecule has 110 valence electrons. The molecule has 4 nitrogen and oxygen atoms in total. The largest absolute Gasteiger partial charge is 0.491 e. The van der Waals surface area contributed by atoms with Gasteiger partial charge < -0.3 is 13.9 Å². The van der Waals surface area contributed by atoms with Crippen LogP contribution in [0.1, 0.15) is 0 Å². The van der Waals surface area contributed by atoms with Crippen LogP contribution in [-0.2, 0) is 4.74 Å². The van der Waals surface area contributed by atoms with Gasteiger partial charge in [-0.15, -0.1) is 0 Å². The van der Waals surface area contributed by atoms with Crippen LogP contribution >= 0.6 is 0 Å². The van der Waals surface area contributed by atoms with Crippen LogP contribution < -0.4 is 10.4 Å². The van der Waals surface area contributed by atoms with E-state index in [-0.39, 0.29) is 11.7 Å². The predicted octanol–water partition coefficient (Wildman–Crippen LogP) is 3.24. The molecule has 1 aromatic heterocycles. The summed E-state index contributed by atoms with van der Waals surface area (Å²) in [5.74, 6) is 0.679. The molecule has 2 heterocycles. The van der Waals surface area contributed by atoms with Gasteiger partial charge >= 0.3 is 5.63 Å². The number of benzene rings is 2. The molecular weight excluding hydrogens is 280 g/mol. The Labute approximate surface area is 126 Å². The van der Waals surface area contributed by atoms with Gasteiger partial charge in [-0.25, -0.2) is 4.79 Å². The monoisotopic (exact) mass is 294 g/mol. The first-order valence-corrected chi connectivity index (χ1v) is 7.17. The molecule has 1 fully saturated rings. The van der Waals surface area contributed by atoms with E-state index in [1.54, 1.807) is 6.07 Å². The van der Waals surface area contributed by atoms with Crippen LogP contribution in [0, 0.1) is 0 Å². The molecule has 1 saturated heterocycles. The lowest BCUT2D eigenvalue weighted by Gasteiger charge is -2.06. The minimum absolute atomic E-state index is 0.197. The zero-order valence-corrected chi connectivity index (χ0v) is 11.8. The van der Waals surface area contributed by atoms with Gasteiger partial charge in [0.2, 0.25) is 0 Å². The highest BCUT2D eigenvalue weighted by Crippen LogP contribution is 2.25. The highest BCUT2D eigenvalue weighted by atomic mass is 16.6. The number of rotatable bonds is 4. The van der Waals surface area contributed by atoms with Crippen LogP contribution in [0.5, 0.6) is 5.75 Å². The maximum Gasteiger partial charge on any atom is 0.344 e. The Kier molecular flexibility index (Phi) is 3.16. The molecule has 0 aliphatic carbocycles. The summed E-state index contributed by atoms with van der Waals surface area (Å²) in [6.45, 7) is 1.28. The van der Waals surface area contributed by atoms with E-state index < -0.39 is 0 Å². The second-order valence-electron chi connectivity index (χ2n) is 5.28. The SMILES string of the molecule is O=c1oc2cc(OCC3CO3)ccc2cc1-c1ccccc1. The molecule has 0 N–H and O–H groups in total. The van der Waals surface area contributed by atoms with E-state index in [2.05, 4.69) is 0 Å². The Hall–Kier alpha value is -2.59. The number of fused-ring (bicyclic) bond motifs is 1. The number of epoxide rings is 1. The third-order valence-corrected chi connectivity index (χ3v) is 3.63. The van der Waals surface area contributed by atoms with E-state index in [1.807, 2.05) is 48.5 Å². The Bertz CT molecular complexity index is 863. The van der Waals surface area contributed by atoms with Crippen molar-refractivity contribution in [3.63, 3.8) is 0 Å². The van der Waals surface area contributed by atoms with Gasteiger partial charge in [0.15, 0.2) is 0 Å². The van der Waals surface area contributed by atoms with E-state index in [1.165, 1.54) is 0 Å². The minimum atomic E-state index is -0.346. The molecule has 1 atom stereocenters. The van der Waals surface area contributed by atoms with Crippen LogP contribution in [0.2, 0.25) is 0 Å². The number of hydrogen-bond acceptors (Lipinski definition) is 4. The summed E-state index contributed by atoms with van der Waals surface area (Å²) in [4.78, 5) is 12.2. The van der Waals surface area contributed by atoms with Crippen LogP contribution in [0.3, 0.4) is 0 Å². The summed E-state index contributed by atoms with van der Waals surface area (Å²) in [5, 5.41) is 0.869. The summed E-state index contributed by atoms with van der Waals surface area (Å²) in [5.41, 5.74) is 1.60. The highest BCUT2D eigenvalue weighted by Gasteiger charge is 2.23. The highest BCUT2D eigenvalue weighted by molar-refractivity contribution is 5.82. The molecule has 0 spiro atoms.